The summed E-state index contributed by atoms with van der Waals surface area (Å²) < 4.78 is 5.73. The van der Waals surface area contributed by atoms with E-state index in [0.717, 1.165) is 24.4 Å². The number of ether oxygens (including phenoxy) is 1. The molecule has 1 aromatic rings. The van der Waals surface area contributed by atoms with Gasteiger partial charge in [-0.3, -0.25) is 4.79 Å². The van der Waals surface area contributed by atoms with Crippen LogP contribution >= 0.6 is 0 Å². The summed E-state index contributed by atoms with van der Waals surface area (Å²) in [4.78, 5) is 12.4. The van der Waals surface area contributed by atoms with Gasteiger partial charge in [-0.2, -0.15) is 0 Å². The lowest BCUT2D eigenvalue weighted by atomic mass is 9.85. The van der Waals surface area contributed by atoms with Crippen molar-refractivity contribution in [3.8, 4) is 5.75 Å². The minimum Gasteiger partial charge on any atom is -0.491 e. The maximum absolute atomic E-state index is 12.4. The van der Waals surface area contributed by atoms with Crippen molar-refractivity contribution in [1.82, 2.24) is 10.6 Å². The Morgan fingerprint density at radius 2 is 2.12 bits per heavy atom. The molecule has 134 valence electrons. The standard InChI is InChI=1S/C20H32N2O2/c1-14(2)24-19-9-5-7-17(12-19)16(4)22-20(23)11-15(3)18-8-6-10-21-13-18/h5,7,9,12,14-16,18,21H,6,8,10-11,13H2,1-4H3,(H,22,23). The van der Waals surface area contributed by atoms with Crippen LogP contribution in [0.4, 0.5) is 0 Å². The van der Waals surface area contributed by atoms with Crippen LogP contribution < -0.4 is 15.4 Å². The molecule has 0 radical (unpaired) electrons. The second-order valence-corrected chi connectivity index (χ2v) is 7.32. The first-order valence-corrected chi connectivity index (χ1v) is 9.22. The number of rotatable bonds is 7. The van der Waals surface area contributed by atoms with E-state index in [1.807, 2.05) is 45.0 Å². The van der Waals surface area contributed by atoms with E-state index in [4.69, 9.17) is 4.74 Å². The molecule has 1 heterocycles. The largest absolute Gasteiger partial charge is 0.491 e. The Labute approximate surface area is 146 Å². The van der Waals surface area contributed by atoms with Crippen molar-refractivity contribution in [2.45, 2.75) is 59.1 Å². The summed E-state index contributed by atoms with van der Waals surface area (Å²) in [5.41, 5.74) is 1.08. The molecule has 1 amide bonds. The molecule has 0 aliphatic carbocycles. The fourth-order valence-electron chi connectivity index (χ4n) is 3.34. The molecule has 1 saturated heterocycles. The summed E-state index contributed by atoms with van der Waals surface area (Å²) in [6, 6.07) is 7.97. The number of hydrogen-bond acceptors (Lipinski definition) is 3. The number of benzene rings is 1. The predicted octanol–water partition coefficient (Wildman–Crippen LogP) is 3.68. The Morgan fingerprint density at radius 3 is 2.79 bits per heavy atom. The van der Waals surface area contributed by atoms with Crippen LogP contribution in [0, 0.1) is 11.8 Å². The number of nitrogens with one attached hydrogen (secondary N) is 2. The van der Waals surface area contributed by atoms with Gasteiger partial charge in [0.05, 0.1) is 12.1 Å². The zero-order chi connectivity index (χ0) is 17.5. The summed E-state index contributed by atoms with van der Waals surface area (Å²) in [6.07, 6.45) is 3.19. The van der Waals surface area contributed by atoms with Crippen LogP contribution in [0.25, 0.3) is 0 Å². The molecule has 2 rings (SSSR count). The van der Waals surface area contributed by atoms with Gasteiger partial charge in [-0.05, 0) is 76.2 Å². The molecule has 0 saturated carbocycles. The highest BCUT2D eigenvalue weighted by atomic mass is 16.5. The number of carbonyl (C=O) groups is 1. The van der Waals surface area contributed by atoms with Crippen molar-refractivity contribution in [2.24, 2.45) is 11.8 Å². The summed E-state index contributed by atoms with van der Waals surface area (Å²) in [5.74, 6) is 2.02. The molecular weight excluding hydrogens is 300 g/mol. The first kappa shape index (κ1) is 18.8. The van der Waals surface area contributed by atoms with Gasteiger partial charge in [-0.25, -0.2) is 0 Å². The molecule has 0 spiro atoms. The van der Waals surface area contributed by atoms with E-state index in [1.165, 1.54) is 12.8 Å². The quantitative estimate of drug-likeness (QED) is 0.801. The monoisotopic (exact) mass is 332 g/mol. The van der Waals surface area contributed by atoms with E-state index in [2.05, 4.69) is 17.6 Å². The third kappa shape index (κ3) is 5.82. The second kappa shape index (κ2) is 9.07. The number of carbonyl (C=O) groups excluding carboxylic acids is 1. The highest BCUT2D eigenvalue weighted by Crippen LogP contribution is 2.24. The van der Waals surface area contributed by atoms with Crippen molar-refractivity contribution in [1.29, 1.82) is 0 Å². The Kier molecular flexibility index (Phi) is 7.10. The molecule has 1 fully saturated rings. The molecule has 1 aliphatic rings. The van der Waals surface area contributed by atoms with Crippen LogP contribution in [0.5, 0.6) is 5.75 Å². The Morgan fingerprint density at radius 1 is 1.33 bits per heavy atom. The molecule has 2 N–H and O–H groups in total. The van der Waals surface area contributed by atoms with Crippen molar-refractivity contribution >= 4 is 5.91 Å². The van der Waals surface area contributed by atoms with Gasteiger partial charge in [0.25, 0.3) is 0 Å². The van der Waals surface area contributed by atoms with Gasteiger partial charge in [0.2, 0.25) is 5.91 Å². The van der Waals surface area contributed by atoms with Crippen molar-refractivity contribution in [2.75, 3.05) is 13.1 Å². The van der Waals surface area contributed by atoms with E-state index < -0.39 is 0 Å². The lowest BCUT2D eigenvalue weighted by Gasteiger charge is -2.28. The maximum Gasteiger partial charge on any atom is 0.220 e. The van der Waals surface area contributed by atoms with Crippen molar-refractivity contribution < 1.29 is 9.53 Å². The minimum atomic E-state index is -0.00936. The first-order chi connectivity index (χ1) is 11.5. The van der Waals surface area contributed by atoms with E-state index in [9.17, 15) is 4.79 Å². The topological polar surface area (TPSA) is 50.4 Å². The molecule has 1 aliphatic heterocycles. The zero-order valence-corrected chi connectivity index (χ0v) is 15.5. The molecule has 4 nitrogen and oxygen atoms in total. The minimum absolute atomic E-state index is 0.00936. The fraction of sp³-hybridized carbons (Fsp3) is 0.650. The van der Waals surface area contributed by atoms with Gasteiger partial charge in [0, 0.05) is 6.42 Å². The van der Waals surface area contributed by atoms with E-state index in [-0.39, 0.29) is 18.1 Å². The first-order valence-electron chi connectivity index (χ1n) is 9.22. The van der Waals surface area contributed by atoms with Gasteiger partial charge in [0.15, 0.2) is 0 Å². The van der Waals surface area contributed by atoms with Crippen molar-refractivity contribution in [3.05, 3.63) is 29.8 Å². The third-order valence-corrected chi connectivity index (χ3v) is 4.75. The van der Waals surface area contributed by atoms with E-state index in [1.54, 1.807) is 0 Å². The van der Waals surface area contributed by atoms with Gasteiger partial charge < -0.3 is 15.4 Å². The number of piperidine rings is 1. The molecule has 24 heavy (non-hydrogen) atoms. The molecule has 0 bridgehead atoms. The normalized spacial score (nSPS) is 20.5. The Hall–Kier alpha value is -1.55. The second-order valence-electron chi connectivity index (χ2n) is 7.32. The third-order valence-electron chi connectivity index (χ3n) is 4.75. The van der Waals surface area contributed by atoms with Gasteiger partial charge in [-0.15, -0.1) is 0 Å². The Balaban J connectivity index is 1.86. The molecule has 4 heteroatoms. The highest BCUT2D eigenvalue weighted by Gasteiger charge is 2.22. The van der Waals surface area contributed by atoms with Gasteiger partial charge in [0.1, 0.15) is 5.75 Å². The van der Waals surface area contributed by atoms with Gasteiger partial charge in [-0.1, -0.05) is 19.1 Å². The smallest absolute Gasteiger partial charge is 0.220 e. The SMILES string of the molecule is CC(C)Oc1cccc(C(C)NC(=O)CC(C)C2CCCNC2)c1. The van der Waals surface area contributed by atoms with Crippen LogP contribution in [0.1, 0.15) is 58.6 Å². The maximum atomic E-state index is 12.4. The van der Waals surface area contributed by atoms with E-state index in [0.29, 0.717) is 18.3 Å². The zero-order valence-electron chi connectivity index (χ0n) is 15.5. The average molecular weight is 332 g/mol. The highest BCUT2D eigenvalue weighted by molar-refractivity contribution is 5.76. The van der Waals surface area contributed by atoms with Crippen molar-refractivity contribution in [3.63, 3.8) is 0 Å². The van der Waals surface area contributed by atoms with Gasteiger partial charge >= 0.3 is 0 Å². The number of hydrogen-bond donors (Lipinski definition) is 2. The average Bonchev–Trinajstić information content (AvgIpc) is 2.55. The molecule has 3 unspecified atom stereocenters. The Bertz CT molecular complexity index is 524. The summed E-state index contributed by atoms with van der Waals surface area (Å²) in [7, 11) is 0. The van der Waals surface area contributed by atoms with E-state index >= 15 is 0 Å². The fourth-order valence-corrected chi connectivity index (χ4v) is 3.34. The number of amides is 1. The van der Waals surface area contributed by atoms with Crippen LogP contribution in [-0.4, -0.2) is 25.1 Å². The van der Waals surface area contributed by atoms with Crippen LogP contribution in [0.3, 0.4) is 0 Å². The molecular formula is C20H32N2O2. The molecule has 0 aromatic heterocycles. The lowest BCUT2D eigenvalue weighted by molar-refractivity contribution is -0.123. The molecule has 3 atom stereocenters. The van der Waals surface area contributed by atoms with Crippen LogP contribution in [0.2, 0.25) is 0 Å². The summed E-state index contributed by atoms with van der Waals surface area (Å²) >= 11 is 0. The summed E-state index contributed by atoms with van der Waals surface area (Å²) in [6.45, 7) is 10.4. The molecule has 1 aromatic carbocycles. The predicted molar refractivity (Wildman–Crippen MR) is 98.1 cm³/mol. The van der Waals surface area contributed by atoms with Crippen LogP contribution in [0.15, 0.2) is 24.3 Å². The summed E-state index contributed by atoms with van der Waals surface area (Å²) in [5, 5.41) is 6.56. The lowest BCUT2D eigenvalue weighted by Crippen LogP contribution is -2.36. The van der Waals surface area contributed by atoms with Crippen LogP contribution in [-0.2, 0) is 4.79 Å².